The van der Waals surface area contributed by atoms with E-state index in [1.165, 1.54) is 12.1 Å². The summed E-state index contributed by atoms with van der Waals surface area (Å²) in [6.45, 7) is 3.26. The second kappa shape index (κ2) is 7.62. The van der Waals surface area contributed by atoms with Crippen LogP contribution in [0.4, 0.5) is 5.69 Å². The standard InChI is InChI=1S/C18H15ClN2O3/c1-11-3-4-12(2)15(7-11)18(23)24-10-17(22)21-14-6-5-13(9-20)16(19)8-14/h3-8H,10H2,1-2H3,(H,21,22). The van der Waals surface area contributed by atoms with Crippen molar-refractivity contribution in [1.29, 1.82) is 5.26 Å². The SMILES string of the molecule is Cc1ccc(C)c(C(=O)OCC(=O)Nc2ccc(C#N)c(Cl)c2)c1. The summed E-state index contributed by atoms with van der Waals surface area (Å²) in [6.07, 6.45) is 0. The zero-order valence-corrected chi connectivity index (χ0v) is 14.0. The monoisotopic (exact) mass is 342 g/mol. The molecule has 122 valence electrons. The predicted molar refractivity (Wildman–Crippen MR) is 91.0 cm³/mol. The van der Waals surface area contributed by atoms with E-state index in [0.717, 1.165) is 11.1 Å². The fourth-order valence-corrected chi connectivity index (χ4v) is 2.27. The minimum absolute atomic E-state index is 0.239. The van der Waals surface area contributed by atoms with Gasteiger partial charge in [-0.05, 0) is 43.7 Å². The molecule has 24 heavy (non-hydrogen) atoms. The first-order valence-corrected chi connectivity index (χ1v) is 7.52. The van der Waals surface area contributed by atoms with Crippen LogP contribution in [0.3, 0.4) is 0 Å². The Hall–Kier alpha value is -2.84. The largest absolute Gasteiger partial charge is 0.452 e. The van der Waals surface area contributed by atoms with Crippen LogP contribution < -0.4 is 5.32 Å². The fourth-order valence-electron chi connectivity index (χ4n) is 2.05. The van der Waals surface area contributed by atoms with Crippen LogP contribution >= 0.6 is 11.6 Å². The maximum Gasteiger partial charge on any atom is 0.338 e. The van der Waals surface area contributed by atoms with Crippen LogP contribution in [-0.4, -0.2) is 18.5 Å². The summed E-state index contributed by atoms with van der Waals surface area (Å²) < 4.78 is 5.04. The summed E-state index contributed by atoms with van der Waals surface area (Å²) in [5, 5.41) is 11.6. The topological polar surface area (TPSA) is 79.2 Å². The summed E-state index contributed by atoms with van der Waals surface area (Å²) in [6, 6.07) is 11.9. The Morgan fingerprint density at radius 2 is 1.96 bits per heavy atom. The van der Waals surface area contributed by atoms with Crippen molar-refractivity contribution >= 4 is 29.2 Å². The normalized spacial score (nSPS) is 9.92. The van der Waals surface area contributed by atoms with Gasteiger partial charge < -0.3 is 10.1 Å². The zero-order chi connectivity index (χ0) is 17.7. The lowest BCUT2D eigenvalue weighted by Crippen LogP contribution is -2.21. The molecule has 1 amide bonds. The molecule has 0 bridgehead atoms. The molecule has 0 aromatic heterocycles. The molecule has 0 heterocycles. The quantitative estimate of drug-likeness (QED) is 0.860. The van der Waals surface area contributed by atoms with Gasteiger partial charge in [-0.1, -0.05) is 29.3 Å². The highest BCUT2D eigenvalue weighted by molar-refractivity contribution is 6.32. The van der Waals surface area contributed by atoms with Gasteiger partial charge in [0, 0.05) is 5.69 Å². The molecule has 2 aromatic rings. The zero-order valence-electron chi connectivity index (χ0n) is 13.2. The molecule has 0 spiro atoms. The summed E-state index contributed by atoms with van der Waals surface area (Å²) >= 11 is 5.89. The van der Waals surface area contributed by atoms with E-state index in [-0.39, 0.29) is 5.02 Å². The van der Waals surface area contributed by atoms with E-state index < -0.39 is 18.5 Å². The minimum Gasteiger partial charge on any atom is -0.452 e. The summed E-state index contributed by atoms with van der Waals surface area (Å²) in [4.78, 5) is 23.9. The van der Waals surface area contributed by atoms with Crippen molar-refractivity contribution in [3.63, 3.8) is 0 Å². The third-order valence-corrected chi connectivity index (χ3v) is 3.63. The van der Waals surface area contributed by atoms with Crippen LogP contribution in [0, 0.1) is 25.2 Å². The Morgan fingerprint density at radius 1 is 1.21 bits per heavy atom. The third kappa shape index (κ3) is 4.34. The Bertz CT molecular complexity index is 841. The van der Waals surface area contributed by atoms with Gasteiger partial charge in [0.15, 0.2) is 6.61 Å². The molecule has 0 aliphatic heterocycles. The lowest BCUT2D eigenvalue weighted by Gasteiger charge is -2.09. The number of halogens is 1. The number of ether oxygens (including phenoxy) is 1. The molecule has 6 heteroatoms. The highest BCUT2D eigenvalue weighted by atomic mass is 35.5. The number of hydrogen-bond donors (Lipinski definition) is 1. The molecule has 0 saturated carbocycles. The maximum absolute atomic E-state index is 12.1. The number of benzene rings is 2. The molecular formula is C18H15ClN2O3. The van der Waals surface area contributed by atoms with Gasteiger partial charge in [-0.15, -0.1) is 0 Å². The first kappa shape index (κ1) is 17.5. The molecule has 0 fully saturated rings. The number of nitrogens with one attached hydrogen (secondary N) is 1. The van der Waals surface area contributed by atoms with Crippen molar-refractivity contribution in [2.45, 2.75) is 13.8 Å². The number of hydrogen-bond acceptors (Lipinski definition) is 4. The van der Waals surface area contributed by atoms with Gasteiger partial charge >= 0.3 is 5.97 Å². The van der Waals surface area contributed by atoms with Crippen molar-refractivity contribution < 1.29 is 14.3 Å². The lowest BCUT2D eigenvalue weighted by atomic mass is 10.1. The Balaban J connectivity index is 1.96. The molecule has 0 aliphatic carbocycles. The summed E-state index contributed by atoms with van der Waals surface area (Å²) in [5.41, 5.74) is 2.89. The average molecular weight is 343 g/mol. The van der Waals surface area contributed by atoms with Gasteiger partial charge in [0.25, 0.3) is 5.91 Å². The number of nitrogens with zero attached hydrogens (tertiary/aromatic N) is 1. The fraction of sp³-hybridized carbons (Fsp3) is 0.167. The predicted octanol–water partition coefficient (Wildman–Crippen LogP) is 3.62. The van der Waals surface area contributed by atoms with Crippen molar-refractivity contribution in [2.75, 3.05) is 11.9 Å². The van der Waals surface area contributed by atoms with E-state index in [4.69, 9.17) is 21.6 Å². The second-order valence-corrected chi connectivity index (χ2v) is 5.66. The van der Waals surface area contributed by atoms with Gasteiger partial charge in [-0.25, -0.2) is 4.79 Å². The van der Waals surface area contributed by atoms with Crippen molar-refractivity contribution in [2.24, 2.45) is 0 Å². The van der Waals surface area contributed by atoms with Crippen LogP contribution in [0.25, 0.3) is 0 Å². The van der Waals surface area contributed by atoms with Gasteiger partial charge in [0.1, 0.15) is 6.07 Å². The van der Waals surface area contributed by atoms with E-state index in [1.807, 2.05) is 25.1 Å². The first-order chi connectivity index (χ1) is 11.4. The molecule has 0 saturated heterocycles. The number of amides is 1. The van der Waals surface area contributed by atoms with E-state index >= 15 is 0 Å². The minimum atomic E-state index is -0.552. The number of aryl methyl sites for hydroxylation is 2. The number of anilines is 1. The highest BCUT2D eigenvalue weighted by Gasteiger charge is 2.13. The molecule has 5 nitrogen and oxygen atoms in total. The molecule has 0 radical (unpaired) electrons. The van der Waals surface area contributed by atoms with Gasteiger partial charge in [0.05, 0.1) is 16.1 Å². The molecule has 1 N–H and O–H groups in total. The van der Waals surface area contributed by atoms with E-state index in [9.17, 15) is 9.59 Å². The van der Waals surface area contributed by atoms with Crippen molar-refractivity contribution in [1.82, 2.24) is 0 Å². The number of nitriles is 1. The van der Waals surface area contributed by atoms with E-state index in [0.29, 0.717) is 16.8 Å². The van der Waals surface area contributed by atoms with Gasteiger partial charge in [0.2, 0.25) is 0 Å². The number of esters is 1. The van der Waals surface area contributed by atoms with Crippen molar-refractivity contribution in [3.05, 3.63) is 63.7 Å². The van der Waals surface area contributed by atoms with E-state index in [1.54, 1.807) is 19.1 Å². The first-order valence-electron chi connectivity index (χ1n) is 7.14. The van der Waals surface area contributed by atoms with Crippen molar-refractivity contribution in [3.8, 4) is 6.07 Å². The molecule has 2 rings (SSSR count). The van der Waals surface area contributed by atoms with Gasteiger partial charge in [-0.3, -0.25) is 4.79 Å². The third-order valence-electron chi connectivity index (χ3n) is 3.32. The Labute approximate surface area is 144 Å². The van der Waals surface area contributed by atoms with Crippen LogP contribution in [-0.2, 0) is 9.53 Å². The number of carbonyl (C=O) groups is 2. The highest BCUT2D eigenvalue weighted by Crippen LogP contribution is 2.20. The Morgan fingerprint density at radius 3 is 2.62 bits per heavy atom. The molecule has 2 aromatic carbocycles. The van der Waals surface area contributed by atoms with Gasteiger partial charge in [-0.2, -0.15) is 5.26 Å². The lowest BCUT2D eigenvalue weighted by molar-refractivity contribution is -0.119. The van der Waals surface area contributed by atoms with E-state index in [2.05, 4.69) is 5.32 Å². The summed E-state index contributed by atoms with van der Waals surface area (Å²) in [7, 11) is 0. The second-order valence-electron chi connectivity index (χ2n) is 5.25. The average Bonchev–Trinajstić information content (AvgIpc) is 2.55. The van der Waals surface area contributed by atoms with Crippen LogP contribution in [0.1, 0.15) is 27.0 Å². The number of rotatable bonds is 4. The molecular weight excluding hydrogens is 328 g/mol. The molecule has 0 atom stereocenters. The van der Waals surface area contributed by atoms with Crippen LogP contribution in [0.5, 0.6) is 0 Å². The molecule has 0 aliphatic rings. The van der Waals surface area contributed by atoms with Crippen LogP contribution in [0.15, 0.2) is 36.4 Å². The number of carbonyl (C=O) groups excluding carboxylic acids is 2. The summed E-state index contributed by atoms with van der Waals surface area (Å²) in [5.74, 6) is -1.04. The molecule has 0 unspecified atom stereocenters. The smallest absolute Gasteiger partial charge is 0.338 e. The Kier molecular flexibility index (Phi) is 5.56. The van der Waals surface area contributed by atoms with Crippen LogP contribution in [0.2, 0.25) is 5.02 Å². The maximum atomic E-state index is 12.1.